The van der Waals surface area contributed by atoms with Crippen LogP contribution in [0.15, 0.2) is 30.5 Å². The SMILES string of the molecule is CNC(=O)c1ccc(NC2CCNCC2)c2cccnc12.Cl. The first-order valence-corrected chi connectivity index (χ1v) is 7.36. The predicted molar refractivity (Wildman–Crippen MR) is 91.9 cm³/mol. The molecule has 1 fully saturated rings. The maximum absolute atomic E-state index is 11.9. The molecule has 6 heteroatoms. The van der Waals surface area contributed by atoms with Crippen LogP contribution in [0.5, 0.6) is 0 Å². The van der Waals surface area contributed by atoms with E-state index in [0.717, 1.165) is 42.5 Å². The molecule has 22 heavy (non-hydrogen) atoms. The largest absolute Gasteiger partial charge is 0.382 e. The normalized spacial score (nSPS) is 15.1. The number of rotatable bonds is 3. The molecule has 2 heterocycles. The Kier molecular flexibility index (Phi) is 5.57. The Morgan fingerprint density at radius 2 is 2.05 bits per heavy atom. The van der Waals surface area contributed by atoms with E-state index in [0.29, 0.717) is 11.6 Å². The molecule has 0 saturated carbocycles. The molecule has 1 aliphatic heterocycles. The Hall–Kier alpha value is -1.85. The van der Waals surface area contributed by atoms with Crippen molar-refractivity contribution in [1.29, 1.82) is 0 Å². The van der Waals surface area contributed by atoms with Crippen LogP contribution in [0.25, 0.3) is 10.9 Å². The second-order valence-electron chi connectivity index (χ2n) is 5.31. The van der Waals surface area contributed by atoms with Crippen LogP contribution in [-0.2, 0) is 0 Å². The van der Waals surface area contributed by atoms with Crippen LogP contribution in [0.1, 0.15) is 23.2 Å². The summed E-state index contributed by atoms with van der Waals surface area (Å²) in [5.41, 5.74) is 2.41. The molecule has 2 aromatic rings. The van der Waals surface area contributed by atoms with E-state index in [4.69, 9.17) is 0 Å². The van der Waals surface area contributed by atoms with Gasteiger partial charge in [-0.1, -0.05) is 0 Å². The van der Waals surface area contributed by atoms with Crippen molar-refractivity contribution in [2.45, 2.75) is 18.9 Å². The van der Waals surface area contributed by atoms with Gasteiger partial charge in [0.05, 0.1) is 11.1 Å². The van der Waals surface area contributed by atoms with Gasteiger partial charge in [-0.25, -0.2) is 0 Å². The molecule has 0 spiro atoms. The average Bonchev–Trinajstić information content (AvgIpc) is 2.55. The average molecular weight is 321 g/mol. The van der Waals surface area contributed by atoms with Gasteiger partial charge < -0.3 is 16.0 Å². The lowest BCUT2D eigenvalue weighted by Crippen LogP contribution is -2.35. The first-order valence-electron chi connectivity index (χ1n) is 7.36. The zero-order valence-corrected chi connectivity index (χ0v) is 13.4. The Labute approximate surface area is 136 Å². The molecule has 3 rings (SSSR count). The van der Waals surface area contributed by atoms with E-state index < -0.39 is 0 Å². The molecule has 1 aromatic heterocycles. The van der Waals surface area contributed by atoms with E-state index in [2.05, 4.69) is 20.9 Å². The predicted octanol–water partition coefficient (Wildman–Crippen LogP) is 2.18. The number of carbonyl (C=O) groups is 1. The smallest absolute Gasteiger partial charge is 0.253 e. The summed E-state index contributed by atoms with van der Waals surface area (Å²) in [5.74, 6) is -0.105. The number of anilines is 1. The number of nitrogens with zero attached hydrogens (tertiary/aromatic N) is 1. The van der Waals surface area contributed by atoms with Crippen molar-refractivity contribution < 1.29 is 4.79 Å². The van der Waals surface area contributed by atoms with Crippen LogP contribution in [0.2, 0.25) is 0 Å². The highest BCUT2D eigenvalue weighted by Gasteiger charge is 2.16. The van der Waals surface area contributed by atoms with Gasteiger partial charge in [-0.05, 0) is 50.2 Å². The summed E-state index contributed by atoms with van der Waals surface area (Å²) in [7, 11) is 1.64. The third-order valence-electron chi connectivity index (χ3n) is 3.94. The molecule has 1 aromatic carbocycles. The van der Waals surface area contributed by atoms with Gasteiger partial charge in [0, 0.05) is 30.4 Å². The molecule has 0 bridgehead atoms. The number of nitrogens with one attached hydrogen (secondary N) is 3. The summed E-state index contributed by atoms with van der Waals surface area (Å²) in [4.78, 5) is 16.3. The molecule has 5 nitrogen and oxygen atoms in total. The highest BCUT2D eigenvalue weighted by atomic mass is 35.5. The number of benzene rings is 1. The highest BCUT2D eigenvalue weighted by molar-refractivity contribution is 6.08. The topological polar surface area (TPSA) is 66.1 Å². The molecule has 0 unspecified atom stereocenters. The lowest BCUT2D eigenvalue weighted by Gasteiger charge is -2.25. The molecule has 1 aliphatic rings. The van der Waals surface area contributed by atoms with Crippen molar-refractivity contribution in [2.24, 2.45) is 0 Å². The van der Waals surface area contributed by atoms with E-state index >= 15 is 0 Å². The number of piperidine rings is 1. The minimum Gasteiger partial charge on any atom is -0.382 e. The molecular weight excluding hydrogens is 300 g/mol. The minimum atomic E-state index is -0.105. The minimum absolute atomic E-state index is 0. The standard InChI is InChI=1S/C16H20N4O.ClH/c1-17-16(21)13-4-5-14(12-3-2-8-19-15(12)13)20-11-6-9-18-10-7-11;/h2-5,8,11,18,20H,6-7,9-10H2,1H3,(H,17,21);1H. The Bertz CT molecular complexity index is 656. The fourth-order valence-electron chi connectivity index (χ4n) is 2.80. The van der Waals surface area contributed by atoms with Crippen molar-refractivity contribution in [1.82, 2.24) is 15.6 Å². The number of fused-ring (bicyclic) bond motifs is 1. The van der Waals surface area contributed by atoms with Crippen LogP contribution in [0.4, 0.5) is 5.69 Å². The van der Waals surface area contributed by atoms with Gasteiger partial charge >= 0.3 is 0 Å². The number of amides is 1. The molecule has 0 atom stereocenters. The summed E-state index contributed by atoms with van der Waals surface area (Å²) in [6, 6.07) is 8.22. The summed E-state index contributed by atoms with van der Waals surface area (Å²) >= 11 is 0. The number of pyridine rings is 1. The number of carbonyl (C=O) groups excluding carboxylic acids is 1. The monoisotopic (exact) mass is 320 g/mol. The van der Waals surface area contributed by atoms with Gasteiger partial charge in [-0.2, -0.15) is 0 Å². The van der Waals surface area contributed by atoms with Gasteiger partial charge in [-0.15, -0.1) is 12.4 Å². The molecule has 3 N–H and O–H groups in total. The number of hydrogen-bond acceptors (Lipinski definition) is 4. The lowest BCUT2D eigenvalue weighted by atomic mass is 10.0. The molecule has 0 radical (unpaired) electrons. The van der Waals surface area contributed by atoms with E-state index in [9.17, 15) is 4.79 Å². The lowest BCUT2D eigenvalue weighted by molar-refractivity contribution is 0.0964. The first-order chi connectivity index (χ1) is 10.3. The molecule has 0 aliphatic carbocycles. The van der Waals surface area contributed by atoms with Crippen molar-refractivity contribution in [3.63, 3.8) is 0 Å². The fourth-order valence-corrected chi connectivity index (χ4v) is 2.80. The molecule has 1 saturated heterocycles. The Balaban J connectivity index is 0.00000176. The van der Waals surface area contributed by atoms with Crippen LogP contribution in [0.3, 0.4) is 0 Å². The molecule has 118 valence electrons. The van der Waals surface area contributed by atoms with Crippen molar-refractivity contribution in [3.05, 3.63) is 36.0 Å². The first kappa shape index (κ1) is 16.5. The number of hydrogen-bond donors (Lipinski definition) is 3. The number of aromatic nitrogens is 1. The summed E-state index contributed by atoms with van der Waals surface area (Å²) in [5, 5.41) is 10.6. The van der Waals surface area contributed by atoms with Gasteiger partial charge in [0.1, 0.15) is 0 Å². The van der Waals surface area contributed by atoms with E-state index in [1.807, 2.05) is 24.3 Å². The Morgan fingerprint density at radius 3 is 2.77 bits per heavy atom. The summed E-state index contributed by atoms with van der Waals surface area (Å²) in [6.45, 7) is 2.09. The molecular formula is C16H21ClN4O. The van der Waals surface area contributed by atoms with Gasteiger partial charge in [0.25, 0.3) is 5.91 Å². The maximum Gasteiger partial charge on any atom is 0.253 e. The highest BCUT2D eigenvalue weighted by Crippen LogP contribution is 2.26. The van der Waals surface area contributed by atoms with Gasteiger partial charge in [-0.3, -0.25) is 9.78 Å². The van der Waals surface area contributed by atoms with Gasteiger partial charge in [0.2, 0.25) is 0 Å². The zero-order chi connectivity index (χ0) is 14.7. The maximum atomic E-state index is 11.9. The van der Waals surface area contributed by atoms with Crippen LogP contribution in [0, 0.1) is 0 Å². The third-order valence-corrected chi connectivity index (χ3v) is 3.94. The van der Waals surface area contributed by atoms with Crippen LogP contribution < -0.4 is 16.0 Å². The quantitative estimate of drug-likeness (QED) is 0.811. The van der Waals surface area contributed by atoms with E-state index in [-0.39, 0.29) is 18.3 Å². The zero-order valence-electron chi connectivity index (χ0n) is 12.6. The van der Waals surface area contributed by atoms with Gasteiger partial charge in [0.15, 0.2) is 0 Å². The summed E-state index contributed by atoms with van der Waals surface area (Å²) in [6.07, 6.45) is 3.95. The molecule has 1 amide bonds. The van der Waals surface area contributed by atoms with Crippen molar-refractivity contribution in [3.8, 4) is 0 Å². The van der Waals surface area contributed by atoms with E-state index in [1.54, 1.807) is 13.2 Å². The third kappa shape index (κ3) is 3.31. The van der Waals surface area contributed by atoms with Crippen LogP contribution >= 0.6 is 12.4 Å². The van der Waals surface area contributed by atoms with Crippen molar-refractivity contribution in [2.75, 3.05) is 25.5 Å². The number of halogens is 1. The van der Waals surface area contributed by atoms with Crippen molar-refractivity contribution >= 4 is 34.9 Å². The summed E-state index contributed by atoms with van der Waals surface area (Å²) < 4.78 is 0. The fraction of sp³-hybridized carbons (Fsp3) is 0.375. The van der Waals surface area contributed by atoms with Crippen LogP contribution in [-0.4, -0.2) is 37.1 Å². The Morgan fingerprint density at radius 1 is 1.27 bits per heavy atom. The second-order valence-corrected chi connectivity index (χ2v) is 5.31. The van der Waals surface area contributed by atoms with E-state index in [1.165, 1.54) is 0 Å². The second kappa shape index (κ2) is 7.42.